The standard InChI is InChI=1S/C13H16O2/c1-13(2)11(14)8-12(13)15-9-10-6-4-3-5-7-10/h3-7,12H,8-9H2,1-2H3/t12-/m0/s1. The second-order valence-corrected chi connectivity index (χ2v) is 4.63. The van der Waals surface area contributed by atoms with Gasteiger partial charge in [0.2, 0.25) is 0 Å². The van der Waals surface area contributed by atoms with Gasteiger partial charge >= 0.3 is 0 Å². The highest BCUT2D eigenvalue weighted by Gasteiger charge is 2.48. The van der Waals surface area contributed by atoms with Crippen LogP contribution in [-0.4, -0.2) is 11.9 Å². The van der Waals surface area contributed by atoms with Crippen LogP contribution in [0, 0.1) is 5.41 Å². The zero-order valence-electron chi connectivity index (χ0n) is 9.19. The minimum absolute atomic E-state index is 0.0882. The van der Waals surface area contributed by atoms with Crippen LogP contribution < -0.4 is 0 Å². The summed E-state index contributed by atoms with van der Waals surface area (Å²) in [6, 6.07) is 10.0. The summed E-state index contributed by atoms with van der Waals surface area (Å²) in [5.74, 6) is 0.306. The van der Waals surface area contributed by atoms with Crippen molar-refractivity contribution in [3.05, 3.63) is 35.9 Å². The molecule has 1 aromatic rings. The van der Waals surface area contributed by atoms with Crippen molar-refractivity contribution in [3.63, 3.8) is 0 Å². The first kappa shape index (κ1) is 10.4. The summed E-state index contributed by atoms with van der Waals surface area (Å²) < 4.78 is 5.73. The van der Waals surface area contributed by atoms with Crippen molar-refractivity contribution in [1.29, 1.82) is 0 Å². The first-order valence-corrected chi connectivity index (χ1v) is 5.29. The molecule has 1 fully saturated rings. The smallest absolute Gasteiger partial charge is 0.143 e. The van der Waals surface area contributed by atoms with Gasteiger partial charge in [-0.3, -0.25) is 4.79 Å². The third kappa shape index (κ3) is 1.95. The first-order valence-electron chi connectivity index (χ1n) is 5.29. The van der Waals surface area contributed by atoms with Crippen LogP contribution in [0.2, 0.25) is 0 Å². The summed E-state index contributed by atoms with van der Waals surface area (Å²) in [6.45, 7) is 4.51. The van der Waals surface area contributed by atoms with Crippen LogP contribution in [-0.2, 0) is 16.1 Å². The molecular formula is C13H16O2. The van der Waals surface area contributed by atoms with Crippen LogP contribution in [0.5, 0.6) is 0 Å². The molecule has 1 aliphatic rings. The van der Waals surface area contributed by atoms with Crippen LogP contribution in [0.3, 0.4) is 0 Å². The fraction of sp³-hybridized carbons (Fsp3) is 0.462. The lowest BCUT2D eigenvalue weighted by Gasteiger charge is -2.41. The highest BCUT2D eigenvalue weighted by atomic mass is 16.5. The summed E-state index contributed by atoms with van der Waals surface area (Å²) in [7, 11) is 0. The van der Waals surface area contributed by atoms with E-state index in [1.54, 1.807) is 0 Å². The Morgan fingerprint density at radius 3 is 2.53 bits per heavy atom. The van der Waals surface area contributed by atoms with Gasteiger partial charge in [0.1, 0.15) is 5.78 Å². The Bertz CT molecular complexity index is 354. The Hall–Kier alpha value is -1.15. The Morgan fingerprint density at radius 2 is 2.00 bits per heavy atom. The number of hydrogen-bond acceptors (Lipinski definition) is 2. The topological polar surface area (TPSA) is 26.3 Å². The maximum atomic E-state index is 11.3. The molecule has 0 saturated heterocycles. The molecule has 15 heavy (non-hydrogen) atoms. The Morgan fingerprint density at radius 1 is 1.33 bits per heavy atom. The van der Waals surface area contributed by atoms with Gasteiger partial charge in [0, 0.05) is 6.42 Å². The molecule has 0 aromatic heterocycles. The van der Waals surface area contributed by atoms with Crippen molar-refractivity contribution in [2.45, 2.75) is 33.0 Å². The van der Waals surface area contributed by atoms with E-state index in [1.165, 1.54) is 0 Å². The number of ketones is 1. The highest BCUT2D eigenvalue weighted by Crippen LogP contribution is 2.39. The Balaban J connectivity index is 1.88. The first-order chi connectivity index (χ1) is 7.10. The molecule has 1 saturated carbocycles. The summed E-state index contributed by atoms with van der Waals surface area (Å²) >= 11 is 0. The van der Waals surface area contributed by atoms with E-state index in [4.69, 9.17) is 4.74 Å². The van der Waals surface area contributed by atoms with Gasteiger partial charge in [-0.15, -0.1) is 0 Å². The zero-order valence-corrected chi connectivity index (χ0v) is 9.19. The highest BCUT2D eigenvalue weighted by molar-refractivity contribution is 5.91. The third-order valence-corrected chi connectivity index (χ3v) is 3.19. The normalized spacial score (nSPS) is 23.6. The molecule has 80 valence electrons. The van der Waals surface area contributed by atoms with Gasteiger partial charge in [-0.2, -0.15) is 0 Å². The molecule has 0 bridgehead atoms. The number of hydrogen-bond donors (Lipinski definition) is 0. The minimum atomic E-state index is -0.283. The van der Waals surface area contributed by atoms with Gasteiger partial charge in [0.05, 0.1) is 18.1 Å². The van der Waals surface area contributed by atoms with Gasteiger partial charge in [-0.1, -0.05) is 44.2 Å². The van der Waals surface area contributed by atoms with E-state index in [1.807, 2.05) is 44.2 Å². The maximum absolute atomic E-state index is 11.3. The molecule has 0 spiro atoms. The van der Waals surface area contributed by atoms with E-state index in [0.717, 1.165) is 5.56 Å². The third-order valence-electron chi connectivity index (χ3n) is 3.19. The van der Waals surface area contributed by atoms with Crippen LogP contribution in [0.15, 0.2) is 30.3 Å². The second kappa shape index (κ2) is 3.78. The number of carbonyl (C=O) groups is 1. The minimum Gasteiger partial charge on any atom is -0.372 e. The van der Waals surface area contributed by atoms with Crippen molar-refractivity contribution in [2.24, 2.45) is 5.41 Å². The number of ether oxygens (including phenoxy) is 1. The maximum Gasteiger partial charge on any atom is 0.143 e. The lowest BCUT2D eigenvalue weighted by molar-refractivity contribution is -0.159. The van der Waals surface area contributed by atoms with E-state index in [-0.39, 0.29) is 11.5 Å². The van der Waals surface area contributed by atoms with Crippen molar-refractivity contribution in [2.75, 3.05) is 0 Å². The predicted molar refractivity (Wildman–Crippen MR) is 58.4 cm³/mol. The van der Waals surface area contributed by atoms with E-state index in [9.17, 15) is 4.79 Å². The van der Waals surface area contributed by atoms with Gasteiger partial charge in [0.15, 0.2) is 0 Å². The monoisotopic (exact) mass is 204 g/mol. The van der Waals surface area contributed by atoms with Crippen molar-refractivity contribution in [1.82, 2.24) is 0 Å². The summed E-state index contributed by atoms with van der Waals surface area (Å²) in [5, 5.41) is 0. The molecular weight excluding hydrogens is 188 g/mol. The predicted octanol–water partition coefficient (Wildman–Crippen LogP) is 2.57. The molecule has 0 heterocycles. The van der Waals surface area contributed by atoms with Crippen molar-refractivity contribution >= 4 is 5.78 Å². The van der Waals surface area contributed by atoms with Gasteiger partial charge in [-0.25, -0.2) is 0 Å². The van der Waals surface area contributed by atoms with Crippen molar-refractivity contribution < 1.29 is 9.53 Å². The van der Waals surface area contributed by atoms with E-state index >= 15 is 0 Å². The fourth-order valence-corrected chi connectivity index (χ4v) is 1.77. The van der Waals surface area contributed by atoms with Gasteiger partial charge in [0.25, 0.3) is 0 Å². The number of Topliss-reactive ketones (excluding diaryl/α,β-unsaturated/α-hetero) is 1. The fourth-order valence-electron chi connectivity index (χ4n) is 1.77. The summed E-state index contributed by atoms with van der Waals surface area (Å²) in [4.78, 5) is 11.3. The molecule has 0 unspecified atom stereocenters. The number of carbonyl (C=O) groups excluding carboxylic acids is 1. The molecule has 1 aliphatic carbocycles. The van der Waals surface area contributed by atoms with E-state index < -0.39 is 0 Å². The SMILES string of the molecule is CC1(C)C(=O)C[C@@H]1OCc1ccccc1. The van der Waals surface area contributed by atoms with E-state index in [2.05, 4.69) is 0 Å². The molecule has 2 heteroatoms. The van der Waals surface area contributed by atoms with Crippen LogP contribution in [0.4, 0.5) is 0 Å². The average molecular weight is 204 g/mol. The Kier molecular flexibility index (Phi) is 2.61. The number of benzene rings is 1. The Labute approximate surface area is 90.3 Å². The molecule has 0 radical (unpaired) electrons. The molecule has 0 aliphatic heterocycles. The second-order valence-electron chi connectivity index (χ2n) is 4.63. The van der Waals surface area contributed by atoms with Crippen LogP contribution in [0.25, 0.3) is 0 Å². The molecule has 1 aromatic carbocycles. The zero-order chi connectivity index (χ0) is 10.9. The average Bonchev–Trinajstić information content (AvgIpc) is 2.25. The molecule has 0 amide bonds. The summed E-state index contributed by atoms with van der Waals surface area (Å²) in [6.07, 6.45) is 0.657. The molecule has 0 N–H and O–H groups in total. The lowest BCUT2D eigenvalue weighted by atomic mass is 9.68. The quantitative estimate of drug-likeness (QED) is 0.756. The van der Waals surface area contributed by atoms with Gasteiger partial charge in [-0.05, 0) is 5.56 Å². The largest absolute Gasteiger partial charge is 0.372 e. The van der Waals surface area contributed by atoms with Crippen molar-refractivity contribution in [3.8, 4) is 0 Å². The van der Waals surface area contributed by atoms with Crippen LogP contribution in [0.1, 0.15) is 25.8 Å². The lowest BCUT2D eigenvalue weighted by Crippen LogP contribution is -2.51. The van der Waals surface area contributed by atoms with Gasteiger partial charge < -0.3 is 4.74 Å². The van der Waals surface area contributed by atoms with E-state index in [0.29, 0.717) is 18.8 Å². The van der Waals surface area contributed by atoms with Crippen LogP contribution >= 0.6 is 0 Å². The molecule has 1 atom stereocenters. The molecule has 2 nitrogen and oxygen atoms in total. The summed E-state index contributed by atoms with van der Waals surface area (Å²) in [5.41, 5.74) is 0.877. The molecule has 2 rings (SSSR count). The number of rotatable bonds is 3.